The van der Waals surface area contributed by atoms with E-state index in [0.717, 1.165) is 21.9 Å². The molecule has 0 spiro atoms. The van der Waals surface area contributed by atoms with Crippen molar-refractivity contribution >= 4 is 17.2 Å². The first kappa shape index (κ1) is 15.7. The maximum absolute atomic E-state index is 12.2. The number of carbonyl (C=O) groups excluding carboxylic acids is 1. The Kier molecular flexibility index (Phi) is 6.07. The Labute approximate surface area is 119 Å². The van der Waals surface area contributed by atoms with E-state index in [1.54, 1.807) is 4.90 Å². The van der Waals surface area contributed by atoms with Crippen molar-refractivity contribution < 1.29 is 9.90 Å². The Hall–Kier alpha value is -1.31. The van der Waals surface area contributed by atoms with Crippen LogP contribution in [0.3, 0.4) is 0 Å². The van der Waals surface area contributed by atoms with E-state index in [0.29, 0.717) is 12.3 Å². The fourth-order valence-corrected chi connectivity index (χ4v) is 2.77. The number of hydrogen-bond donors (Lipinski definition) is 1. The van der Waals surface area contributed by atoms with Crippen molar-refractivity contribution in [3.05, 3.63) is 21.4 Å². The van der Waals surface area contributed by atoms with Gasteiger partial charge in [0.1, 0.15) is 0 Å². The third kappa shape index (κ3) is 4.70. The summed E-state index contributed by atoms with van der Waals surface area (Å²) in [6.45, 7) is 6.96. The summed E-state index contributed by atoms with van der Waals surface area (Å²) in [4.78, 5) is 15.6. The molecule has 1 amide bonds. The van der Waals surface area contributed by atoms with E-state index < -0.39 is 0 Å². The summed E-state index contributed by atoms with van der Waals surface area (Å²) >= 11 is 1.43. The molecular weight excluding hydrogens is 258 g/mol. The van der Waals surface area contributed by atoms with Crippen LogP contribution in [0.5, 0.6) is 0 Å². The fraction of sp³-hybridized carbons (Fsp3) is 0.533. The van der Waals surface area contributed by atoms with E-state index in [4.69, 9.17) is 5.11 Å². The third-order valence-electron chi connectivity index (χ3n) is 2.55. The molecule has 0 aliphatic rings. The van der Waals surface area contributed by atoms with Crippen LogP contribution in [-0.2, 0) is 0 Å². The van der Waals surface area contributed by atoms with Crippen LogP contribution in [0.1, 0.15) is 40.4 Å². The summed E-state index contributed by atoms with van der Waals surface area (Å²) < 4.78 is 0. The summed E-state index contributed by atoms with van der Waals surface area (Å²) in [5.41, 5.74) is 1.02. The van der Waals surface area contributed by atoms with Crippen molar-refractivity contribution in [2.24, 2.45) is 5.92 Å². The Morgan fingerprint density at radius 2 is 2.21 bits per heavy atom. The molecule has 0 aliphatic heterocycles. The number of aryl methyl sites for hydroxylation is 1. The van der Waals surface area contributed by atoms with Gasteiger partial charge in [0.05, 0.1) is 16.4 Å². The average Bonchev–Trinajstić information content (AvgIpc) is 2.69. The van der Waals surface area contributed by atoms with Gasteiger partial charge in [-0.3, -0.25) is 4.79 Å². The van der Waals surface area contributed by atoms with E-state index in [1.165, 1.54) is 11.3 Å². The normalized spacial score (nSPS) is 10.2. The molecule has 1 aromatic heterocycles. The number of aliphatic hydroxyl groups excluding tert-OH is 1. The zero-order valence-electron chi connectivity index (χ0n) is 12.0. The monoisotopic (exact) mass is 279 g/mol. The van der Waals surface area contributed by atoms with Gasteiger partial charge in [-0.25, -0.2) is 0 Å². The van der Waals surface area contributed by atoms with Crippen molar-refractivity contribution in [2.75, 3.05) is 20.2 Å². The third-order valence-corrected chi connectivity index (χ3v) is 3.69. The van der Waals surface area contributed by atoms with Crippen LogP contribution >= 0.6 is 11.3 Å². The van der Waals surface area contributed by atoms with Crippen molar-refractivity contribution in [1.29, 1.82) is 0 Å². The molecule has 104 valence electrons. The molecule has 1 heterocycles. The fourth-order valence-electron chi connectivity index (χ4n) is 1.73. The standard InChI is InChI=1S/C15H21NO2S/c1-11(2)10-16(4)15(18)14-9-12(3)13(19-14)7-5-6-8-17/h9,11,17H,6,8,10H2,1-4H3. The van der Waals surface area contributed by atoms with E-state index >= 15 is 0 Å². The highest BCUT2D eigenvalue weighted by Crippen LogP contribution is 2.22. The van der Waals surface area contributed by atoms with Gasteiger partial charge in [0.2, 0.25) is 0 Å². The lowest BCUT2D eigenvalue weighted by Gasteiger charge is -2.18. The van der Waals surface area contributed by atoms with Gasteiger partial charge in [0, 0.05) is 20.0 Å². The summed E-state index contributed by atoms with van der Waals surface area (Å²) in [5, 5.41) is 8.70. The Morgan fingerprint density at radius 1 is 1.53 bits per heavy atom. The summed E-state index contributed by atoms with van der Waals surface area (Å²) in [6, 6.07) is 1.90. The molecule has 0 atom stereocenters. The number of nitrogens with zero attached hydrogens (tertiary/aromatic N) is 1. The second-order valence-electron chi connectivity index (χ2n) is 4.98. The van der Waals surface area contributed by atoms with Crippen molar-refractivity contribution in [2.45, 2.75) is 27.2 Å². The first-order chi connectivity index (χ1) is 8.95. The van der Waals surface area contributed by atoms with Gasteiger partial charge in [0.25, 0.3) is 5.91 Å². The first-order valence-corrected chi connectivity index (χ1v) is 7.23. The second kappa shape index (κ2) is 7.32. The molecule has 0 fully saturated rings. The lowest BCUT2D eigenvalue weighted by Crippen LogP contribution is -2.29. The van der Waals surface area contributed by atoms with Crippen molar-refractivity contribution in [3.63, 3.8) is 0 Å². The number of carbonyl (C=O) groups is 1. The van der Waals surface area contributed by atoms with Gasteiger partial charge in [-0.15, -0.1) is 11.3 Å². The molecular formula is C15H21NO2S. The van der Waals surface area contributed by atoms with E-state index in [9.17, 15) is 4.79 Å². The minimum Gasteiger partial charge on any atom is -0.395 e. The van der Waals surface area contributed by atoms with Crippen LogP contribution in [0.4, 0.5) is 0 Å². The van der Waals surface area contributed by atoms with E-state index in [1.807, 2.05) is 20.0 Å². The minimum absolute atomic E-state index is 0.0528. The van der Waals surface area contributed by atoms with Crippen LogP contribution in [-0.4, -0.2) is 36.1 Å². The number of aliphatic hydroxyl groups is 1. The zero-order chi connectivity index (χ0) is 14.4. The number of amides is 1. The Bertz CT molecular complexity index is 494. The smallest absolute Gasteiger partial charge is 0.263 e. The molecule has 1 N–H and O–H groups in total. The highest BCUT2D eigenvalue weighted by atomic mass is 32.1. The van der Waals surface area contributed by atoms with Gasteiger partial charge < -0.3 is 10.0 Å². The molecule has 1 aromatic rings. The molecule has 4 heteroatoms. The van der Waals surface area contributed by atoms with Gasteiger partial charge in [-0.1, -0.05) is 25.7 Å². The van der Waals surface area contributed by atoms with Gasteiger partial charge in [-0.05, 0) is 24.5 Å². The molecule has 3 nitrogen and oxygen atoms in total. The van der Waals surface area contributed by atoms with E-state index in [-0.39, 0.29) is 12.5 Å². The predicted octanol–water partition coefficient (Wildman–Crippen LogP) is 2.52. The van der Waals surface area contributed by atoms with Crippen LogP contribution in [0.15, 0.2) is 6.07 Å². The maximum Gasteiger partial charge on any atom is 0.263 e. The van der Waals surface area contributed by atoms with Crippen LogP contribution in [0, 0.1) is 24.7 Å². The maximum atomic E-state index is 12.2. The molecule has 0 aliphatic carbocycles. The lowest BCUT2D eigenvalue weighted by molar-refractivity contribution is 0.0784. The van der Waals surface area contributed by atoms with E-state index in [2.05, 4.69) is 25.7 Å². The van der Waals surface area contributed by atoms with Crippen molar-refractivity contribution in [3.8, 4) is 11.8 Å². The van der Waals surface area contributed by atoms with Crippen LogP contribution < -0.4 is 0 Å². The molecule has 0 saturated carbocycles. The lowest BCUT2D eigenvalue weighted by atomic mass is 10.2. The first-order valence-electron chi connectivity index (χ1n) is 6.41. The quantitative estimate of drug-likeness (QED) is 0.860. The van der Waals surface area contributed by atoms with Gasteiger partial charge >= 0.3 is 0 Å². The SMILES string of the molecule is Cc1cc(C(=O)N(C)CC(C)C)sc1C#CCCO. The molecule has 19 heavy (non-hydrogen) atoms. The average molecular weight is 279 g/mol. The molecule has 0 radical (unpaired) electrons. The number of thiophene rings is 1. The Balaban J connectivity index is 2.83. The van der Waals surface area contributed by atoms with Gasteiger partial charge in [-0.2, -0.15) is 0 Å². The summed E-state index contributed by atoms with van der Waals surface area (Å²) in [7, 11) is 1.83. The summed E-state index contributed by atoms with van der Waals surface area (Å²) in [5.74, 6) is 6.41. The van der Waals surface area contributed by atoms with Gasteiger partial charge in [0.15, 0.2) is 0 Å². The molecule has 1 rings (SSSR count). The largest absolute Gasteiger partial charge is 0.395 e. The Morgan fingerprint density at radius 3 is 2.79 bits per heavy atom. The predicted molar refractivity (Wildman–Crippen MR) is 79.4 cm³/mol. The molecule has 0 aromatic carbocycles. The molecule has 0 unspecified atom stereocenters. The van der Waals surface area contributed by atoms with Crippen LogP contribution in [0.25, 0.3) is 0 Å². The van der Waals surface area contributed by atoms with Crippen LogP contribution in [0.2, 0.25) is 0 Å². The zero-order valence-corrected chi connectivity index (χ0v) is 12.8. The van der Waals surface area contributed by atoms with Crippen molar-refractivity contribution in [1.82, 2.24) is 4.90 Å². The number of hydrogen-bond acceptors (Lipinski definition) is 3. The highest BCUT2D eigenvalue weighted by Gasteiger charge is 2.16. The molecule has 0 bridgehead atoms. The number of rotatable bonds is 4. The topological polar surface area (TPSA) is 40.5 Å². The highest BCUT2D eigenvalue weighted by molar-refractivity contribution is 7.14. The minimum atomic E-state index is 0.0528. The summed E-state index contributed by atoms with van der Waals surface area (Å²) in [6.07, 6.45) is 0.466. The second-order valence-corrected chi connectivity index (χ2v) is 6.03. The molecule has 0 saturated heterocycles.